The minimum absolute atomic E-state index is 0.0888. The van der Waals surface area contributed by atoms with Crippen molar-refractivity contribution in [2.45, 2.75) is 43.8 Å². The van der Waals surface area contributed by atoms with E-state index in [-0.39, 0.29) is 30.0 Å². The van der Waals surface area contributed by atoms with Gasteiger partial charge in [0.05, 0.1) is 18.3 Å². The van der Waals surface area contributed by atoms with Crippen molar-refractivity contribution in [2.75, 3.05) is 31.6 Å². The Labute approximate surface area is 208 Å². The number of pyridine rings is 1. The number of fused-ring (bicyclic) bond motifs is 3. The number of aromatic nitrogens is 1. The maximum atomic E-state index is 14.8. The number of hydrogen-bond donors (Lipinski definition) is 5. The second-order valence-corrected chi connectivity index (χ2v) is 8.83. The van der Waals surface area contributed by atoms with Crippen LogP contribution < -0.4 is 20.7 Å². The van der Waals surface area contributed by atoms with E-state index in [1.807, 2.05) is 4.90 Å². The lowest BCUT2D eigenvalue weighted by Gasteiger charge is -2.41. The van der Waals surface area contributed by atoms with Crippen LogP contribution in [0.3, 0.4) is 0 Å². The summed E-state index contributed by atoms with van der Waals surface area (Å²) in [5.41, 5.74) is 0.303. The van der Waals surface area contributed by atoms with Gasteiger partial charge in [0.15, 0.2) is 6.04 Å². The number of nitrogens with zero attached hydrogens (tertiary/aromatic N) is 3. The quantitative estimate of drug-likeness (QED) is 0.327. The number of aliphatic hydroxyl groups excluding tert-OH is 2. The minimum atomic E-state index is -4.71. The second-order valence-electron chi connectivity index (χ2n) is 8.83. The van der Waals surface area contributed by atoms with Crippen molar-refractivity contribution in [3.05, 3.63) is 41.8 Å². The van der Waals surface area contributed by atoms with Crippen LogP contribution in [0.2, 0.25) is 0 Å². The number of carbonyl (C=O) groups excluding carboxylic acids is 2. The van der Waals surface area contributed by atoms with Crippen molar-refractivity contribution in [3.8, 4) is 5.75 Å². The Bertz CT molecular complexity index is 1110. The molecule has 15 heteroatoms. The van der Waals surface area contributed by atoms with Crippen LogP contribution in [-0.4, -0.2) is 93.6 Å². The van der Waals surface area contributed by atoms with Crippen LogP contribution in [0.1, 0.15) is 13.3 Å². The van der Waals surface area contributed by atoms with Crippen molar-refractivity contribution in [1.29, 1.82) is 0 Å². The summed E-state index contributed by atoms with van der Waals surface area (Å²) < 4.78 is 58.9. The monoisotopic (exact) mass is 530 g/mol. The van der Waals surface area contributed by atoms with Gasteiger partial charge in [-0.15, -0.1) is 0 Å². The Hall–Kier alpha value is -3.59. The van der Waals surface area contributed by atoms with E-state index in [1.165, 1.54) is 23.2 Å². The summed E-state index contributed by atoms with van der Waals surface area (Å²) in [7, 11) is 0. The van der Waals surface area contributed by atoms with Crippen LogP contribution in [-0.2, 0) is 4.79 Å². The molecule has 2 bridgehead atoms. The van der Waals surface area contributed by atoms with Crippen LogP contribution in [0, 0.1) is 0 Å². The predicted molar refractivity (Wildman–Crippen MR) is 120 cm³/mol. The number of amides is 3. The van der Waals surface area contributed by atoms with Crippen molar-refractivity contribution in [3.63, 3.8) is 0 Å². The standard InChI is InChI=1S/C22H26F4N6O5/c1-11(22(24,25)26)28-20(35)18-15(23)7-16-19(30-18)32(12-3-5-31(16)8-12)21(36)29-17-6-14(2-4-27-17)37-10-13(34)9-33/h2,4,6-7,11-13,18,30,33-34H,3,5,8-10H2,1H3,(H,28,35)(H,27,29,36)/t11-,12+,13-,18?/m1/s1. The fraction of sp³-hybridized carbons (Fsp3) is 0.500. The number of aliphatic hydroxyl groups is 2. The van der Waals surface area contributed by atoms with E-state index < -0.39 is 48.7 Å². The molecule has 3 aliphatic rings. The van der Waals surface area contributed by atoms with Gasteiger partial charge in [-0.25, -0.2) is 14.2 Å². The summed E-state index contributed by atoms with van der Waals surface area (Å²) in [6.07, 6.45) is -2.86. The Kier molecular flexibility index (Phi) is 7.45. The lowest BCUT2D eigenvalue weighted by molar-refractivity contribution is -0.158. The molecule has 3 amide bonds. The SMILES string of the molecule is C[C@@H](NC(=O)C1NC2=C(C=C1F)N1CC[C@@H](C1)N2C(=O)Nc1cc(OC[C@H](O)CO)ccn1)C(F)(F)F. The minimum Gasteiger partial charge on any atom is -0.491 e. The fourth-order valence-corrected chi connectivity index (χ4v) is 4.17. The zero-order valence-electron chi connectivity index (χ0n) is 19.6. The molecule has 1 aromatic rings. The number of carbonyl (C=O) groups is 2. The Balaban J connectivity index is 1.52. The largest absolute Gasteiger partial charge is 0.491 e. The summed E-state index contributed by atoms with van der Waals surface area (Å²) in [5.74, 6) is -1.76. The summed E-state index contributed by atoms with van der Waals surface area (Å²) in [6, 6.07) is -2.09. The van der Waals surface area contributed by atoms with E-state index in [2.05, 4.69) is 15.6 Å². The van der Waals surface area contributed by atoms with Gasteiger partial charge in [-0.05, 0) is 25.5 Å². The molecule has 37 heavy (non-hydrogen) atoms. The van der Waals surface area contributed by atoms with Crippen molar-refractivity contribution in [1.82, 2.24) is 25.4 Å². The van der Waals surface area contributed by atoms with Crippen LogP contribution >= 0.6 is 0 Å². The van der Waals surface area contributed by atoms with E-state index >= 15 is 0 Å². The molecule has 0 saturated carbocycles. The molecular weight excluding hydrogens is 504 g/mol. The maximum Gasteiger partial charge on any atom is 0.408 e. The van der Waals surface area contributed by atoms with E-state index in [9.17, 15) is 32.3 Å². The Morgan fingerprint density at radius 3 is 2.84 bits per heavy atom. The highest BCUT2D eigenvalue weighted by Gasteiger charge is 2.45. The molecule has 1 unspecified atom stereocenters. The molecule has 4 atom stereocenters. The molecule has 0 radical (unpaired) electrons. The molecule has 1 aromatic heterocycles. The molecule has 0 aliphatic carbocycles. The summed E-state index contributed by atoms with van der Waals surface area (Å²) in [4.78, 5) is 33.0. The molecule has 4 rings (SSSR count). The molecule has 1 fully saturated rings. The third kappa shape index (κ3) is 5.72. The van der Waals surface area contributed by atoms with Crippen LogP contribution in [0.5, 0.6) is 5.75 Å². The van der Waals surface area contributed by atoms with Gasteiger partial charge >= 0.3 is 12.2 Å². The molecule has 3 aliphatic heterocycles. The fourth-order valence-electron chi connectivity index (χ4n) is 4.17. The van der Waals surface area contributed by atoms with Gasteiger partial charge in [-0.2, -0.15) is 13.2 Å². The molecule has 4 heterocycles. The second kappa shape index (κ2) is 10.4. The maximum absolute atomic E-state index is 14.8. The average Bonchev–Trinajstić information content (AvgIpc) is 3.26. The number of halogens is 4. The number of allylic oxidation sites excluding steroid dienone is 1. The third-order valence-electron chi connectivity index (χ3n) is 6.13. The molecule has 11 nitrogen and oxygen atoms in total. The first kappa shape index (κ1) is 26.5. The molecule has 202 valence electrons. The number of nitrogens with one attached hydrogen (secondary N) is 3. The molecule has 1 saturated heterocycles. The highest BCUT2D eigenvalue weighted by atomic mass is 19.4. The summed E-state index contributed by atoms with van der Waals surface area (Å²) in [6.45, 7) is 0.974. The van der Waals surface area contributed by atoms with Crippen LogP contribution in [0.15, 0.2) is 41.8 Å². The van der Waals surface area contributed by atoms with Gasteiger partial charge in [0.2, 0.25) is 5.91 Å². The van der Waals surface area contributed by atoms with Crippen molar-refractivity contribution < 1.29 is 42.1 Å². The van der Waals surface area contributed by atoms with Gasteiger partial charge in [-0.3, -0.25) is 15.0 Å². The first-order valence-corrected chi connectivity index (χ1v) is 11.5. The van der Waals surface area contributed by atoms with E-state index in [0.717, 1.165) is 13.0 Å². The number of hydrogen-bond acceptors (Lipinski definition) is 8. The Morgan fingerprint density at radius 2 is 2.14 bits per heavy atom. The zero-order valence-corrected chi connectivity index (χ0v) is 19.6. The van der Waals surface area contributed by atoms with E-state index in [1.54, 1.807) is 5.32 Å². The van der Waals surface area contributed by atoms with Gasteiger partial charge in [0.1, 0.15) is 42.0 Å². The lowest BCUT2D eigenvalue weighted by Crippen LogP contribution is -2.58. The predicted octanol–water partition coefficient (Wildman–Crippen LogP) is 0.797. The average molecular weight is 530 g/mol. The Morgan fingerprint density at radius 1 is 1.38 bits per heavy atom. The van der Waals surface area contributed by atoms with Crippen molar-refractivity contribution in [2.24, 2.45) is 0 Å². The van der Waals surface area contributed by atoms with E-state index in [0.29, 0.717) is 25.2 Å². The first-order valence-electron chi connectivity index (χ1n) is 11.5. The van der Waals surface area contributed by atoms with Gasteiger partial charge < -0.3 is 30.5 Å². The van der Waals surface area contributed by atoms with Crippen LogP contribution in [0.4, 0.5) is 28.2 Å². The zero-order chi connectivity index (χ0) is 26.9. The third-order valence-corrected chi connectivity index (χ3v) is 6.13. The van der Waals surface area contributed by atoms with Gasteiger partial charge in [0, 0.05) is 25.4 Å². The van der Waals surface area contributed by atoms with Crippen molar-refractivity contribution >= 4 is 17.8 Å². The number of ether oxygens (including phenoxy) is 1. The van der Waals surface area contributed by atoms with Gasteiger partial charge in [0.25, 0.3) is 0 Å². The number of dihydropyridines is 1. The molecule has 5 N–H and O–H groups in total. The molecule has 0 aromatic carbocycles. The van der Waals surface area contributed by atoms with Crippen LogP contribution in [0.25, 0.3) is 0 Å². The number of urea groups is 1. The molecule has 0 spiro atoms. The van der Waals surface area contributed by atoms with E-state index in [4.69, 9.17) is 9.84 Å². The highest BCUT2D eigenvalue weighted by Crippen LogP contribution is 2.35. The smallest absolute Gasteiger partial charge is 0.408 e. The topological polar surface area (TPSA) is 139 Å². The van der Waals surface area contributed by atoms with Gasteiger partial charge in [-0.1, -0.05) is 0 Å². The normalized spacial score (nSPS) is 22.5. The first-order chi connectivity index (χ1) is 17.5. The lowest BCUT2D eigenvalue weighted by atomic mass is 10.1. The number of alkyl halides is 3. The highest BCUT2D eigenvalue weighted by molar-refractivity contribution is 5.91. The summed E-state index contributed by atoms with van der Waals surface area (Å²) in [5, 5.41) is 25.3. The summed E-state index contributed by atoms with van der Waals surface area (Å²) >= 11 is 0. The molecular formula is C22H26F4N6O5. The number of anilines is 1. The number of rotatable bonds is 7.